The van der Waals surface area contributed by atoms with E-state index in [1.807, 2.05) is 49.4 Å². The van der Waals surface area contributed by atoms with Gasteiger partial charge in [-0.1, -0.05) is 37.3 Å². The van der Waals surface area contributed by atoms with Gasteiger partial charge in [-0.3, -0.25) is 4.79 Å². The third-order valence-electron chi connectivity index (χ3n) is 3.14. The molecule has 1 amide bonds. The van der Waals surface area contributed by atoms with E-state index in [9.17, 15) is 4.79 Å². The lowest BCUT2D eigenvalue weighted by molar-refractivity contribution is 0.0946. The van der Waals surface area contributed by atoms with Gasteiger partial charge in [0.2, 0.25) is 0 Å². The first-order chi connectivity index (χ1) is 9.70. The normalized spacial score (nSPS) is 11.5. The summed E-state index contributed by atoms with van der Waals surface area (Å²) in [6.07, 6.45) is 0. The van der Waals surface area contributed by atoms with Crippen LogP contribution in [0.2, 0.25) is 0 Å². The zero-order valence-corrected chi connectivity index (χ0v) is 13.2. The van der Waals surface area contributed by atoms with Crippen LogP contribution in [0.15, 0.2) is 42.5 Å². The van der Waals surface area contributed by atoms with Gasteiger partial charge in [0.05, 0.1) is 0 Å². The van der Waals surface area contributed by atoms with E-state index in [2.05, 4.69) is 22.5 Å². The molecule has 0 saturated heterocycles. The SMILES string of the molecule is CCN[C@H](C)CNC(=O)c1ccc(-c2ccccc2)[nH]1.Cl. The number of carbonyl (C=O) groups is 1. The van der Waals surface area contributed by atoms with Crippen molar-refractivity contribution in [3.8, 4) is 11.3 Å². The molecule has 3 N–H and O–H groups in total. The number of likely N-dealkylation sites (N-methyl/N-ethyl adjacent to an activating group) is 1. The van der Waals surface area contributed by atoms with Crippen LogP contribution in [0.25, 0.3) is 11.3 Å². The second-order valence-corrected chi connectivity index (χ2v) is 4.82. The molecule has 0 unspecified atom stereocenters. The number of carbonyl (C=O) groups excluding carboxylic acids is 1. The summed E-state index contributed by atoms with van der Waals surface area (Å²) in [5.41, 5.74) is 2.62. The zero-order chi connectivity index (χ0) is 14.4. The predicted molar refractivity (Wildman–Crippen MR) is 88.9 cm³/mol. The monoisotopic (exact) mass is 307 g/mol. The maximum absolute atomic E-state index is 12.0. The van der Waals surface area contributed by atoms with Crippen molar-refractivity contribution in [2.45, 2.75) is 19.9 Å². The van der Waals surface area contributed by atoms with Gasteiger partial charge in [0.1, 0.15) is 5.69 Å². The lowest BCUT2D eigenvalue weighted by Crippen LogP contribution is -2.38. The highest BCUT2D eigenvalue weighted by Crippen LogP contribution is 2.17. The van der Waals surface area contributed by atoms with E-state index in [0.29, 0.717) is 12.2 Å². The molecule has 0 fully saturated rings. The van der Waals surface area contributed by atoms with Crippen molar-refractivity contribution in [2.75, 3.05) is 13.1 Å². The van der Waals surface area contributed by atoms with Gasteiger partial charge < -0.3 is 15.6 Å². The summed E-state index contributed by atoms with van der Waals surface area (Å²) in [6.45, 7) is 5.62. The summed E-state index contributed by atoms with van der Waals surface area (Å²) in [5.74, 6) is -0.0723. The Labute approximate surface area is 131 Å². The summed E-state index contributed by atoms with van der Waals surface area (Å²) < 4.78 is 0. The second-order valence-electron chi connectivity index (χ2n) is 4.82. The van der Waals surface area contributed by atoms with Crippen LogP contribution in [0.3, 0.4) is 0 Å². The summed E-state index contributed by atoms with van der Waals surface area (Å²) in [5, 5.41) is 6.17. The molecule has 5 heteroatoms. The lowest BCUT2D eigenvalue weighted by Gasteiger charge is -2.12. The van der Waals surface area contributed by atoms with E-state index in [4.69, 9.17) is 0 Å². The Bertz CT molecular complexity index is 554. The van der Waals surface area contributed by atoms with Crippen molar-refractivity contribution in [1.29, 1.82) is 0 Å². The first-order valence-electron chi connectivity index (χ1n) is 6.96. The van der Waals surface area contributed by atoms with Crippen LogP contribution in [-0.2, 0) is 0 Å². The van der Waals surface area contributed by atoms with Crippen LogP contribution in [0, 0.1) is 0 Å². The maximum atomic E-state index is 12.0. The van der Waals surface area contributed by atoms with Crippen molar-refractivity contribution in [2.24, 2.45) is 0 Å². The van der Waals surface area contributed by atoms with Crippen molar-refractivity contribution >= 4 is 18.3 Å². The molecule has 1 aromatic carbocycles. The van der Waals surface area contributed by atoms with Crippen LogP contribution < -0.4 is 10.6 Å². The van der Waals surface area contributed by atoms with Gasteiger partial charge in [0.25, 0.3) is 5.91 Å². The van der Waals surface area contributed by atoms with E-state index in [1.165, 1.54) is 0 Å². The van der Waals surface area contributed by atoms with Crippen LogP contribution in [0.5, 0.6) is 0 Å². The van der Waals surface area contributed by atoms with Crippen LogP contribution in [0.1, 0.15) is 24.3 Å². The molecule has 0 spiro atoms. The van der Waals surface area contributed by atoms with Gasteiger partial charge >= 0.3 is 0 Å². The predicted octanol–water partition coefficient (Wildman–Crippen LogP) is 2.83. The molecule has 4 nitrogen and oxygen atoms in total. The van der Waals surface area contributed by atoms with Gasteiger partial charge in [0.15, 0.2) is 0 Å². The topological polar surface area (TPSA) is 56.9 Å². The zero-order valence-electron chi connectivity index (χ0n) is 12.3. The fourth-order valence-electron chi connectivity index (χ4n) is 2.08. The van der Waals surface area contributed by atoms with Gasteiger partial charge in [-0.25, -0.2) is 0 Å². The standard InChI is InChI=1S/C16H21N3O.ClH/c1-3-17-12(2)11-18-16(20)15-10-9-14(19-15)13-7-5-4-6-8-13;/h4-10,12,17,19H,3,11H2,1-2H3,(H,18,20);1H/t12-;/m1./s1. The molecule has 21 heavy (non-hydrogen) atoms. The number of benzene rings is 1. The van der Waals surface area contributed by atoms with Gasteiger partial charge in [0, 0.05) is 18.3 Å². The first kappa shape index (κ1) is 17.3. The molecule has 0 bridgehead atoms. The maximum Gasteiger partial charge on any atom is 0.267 e. The third kappa shape index (κ3) is 4.92. The number of halogens is 1. The van der Waals surface area contributed by atoms with E-state index in [-0.39, 0.29) is 24.4 Å². The molecular formula is C16H22ClN3O. The Kier molecular flexibility index (Phi) is 6.99. The number of aromatic nitrogens is 1. The van der Waals surface area contributed by atoms with Crippen LogP contribution in [-0.4, -0.2) is 30.0 Å². The summed E-state index contributed by atoms with van der Waals surface area (Å²) >= 11 is 0. The van der Waals surface area contributed by atoms with Crippen LogP contribution in [0.4, 0.5) is 0 Å². The molecule has 0 saturated carbocycles. The molecule has 1 atom stereocenters. The molecule has 0 aliphatic rings. The van der Waals surface area contributed by atoms with Crippen molar-refractivity contribution in [3.63, 3.8) is 0 Å². The minimum Gasteiger partial charge on any atom is -0.351 e. The van der Waals surface area contributed by atoms with E-state index < -0.39 is 0 Å². The number of rotatable bonds is 6. The van der Waals surface area contributed by atoms with E-state index in [0.717, 1.165) is 17.8 Å². The molecule has 1 aromatic heterocycles. The average molecular weight is 308 g/mol. The molecule has 114 valence electrons. The minimum absolute atomic E-state index is 0. The van der Waals surface area contributed by atoms with Gasteiger partial charge in [-0.15, -0.1) is 12.4 Å². The van der Waals surface area contributed by atoms with Crippen molar-refractivity contribution < 1.29 is 4.79 Å². The number of nitrogens with one attached hydrogen (secondary N) is 3. The molecule has 0 radical (unpaired) electrons. The highest BCUT2D eigenvalue weighted by molar-refractivity contribution is 5.93. The summed E-state index contributed by atoms with van der Waals surface area (Å²) in [6, 6.07) is 14.0. The molecule has 2 rings (SSSR count). The average Bonchev–Trinajstić information content (AvgIpc) is 2.96. The molecule has 0 aliphatic heterocycles. The second kappa shape index (κ2) is 8.49. The Morgan fingerprint density at radius 2 is 1.90 bits per heavy atom. The minimum atomic E-state index is -0.0723. The largest absolute Gasteiger partial charge is 0.351 e. The Morgan fingerprint density at radius 1 is 1.19 bits per heavy atom. The highest BCUT2D eigenvalue weighted by Gasteiger charge is 2.10. The Morgan fingerprint density at radius 3 is 2.57 bits per heavy atom. The quantitative estimate of drug-likeness (QED) is 0.768. The smallest absolute Gasteiger partial charge is 0.267 e. The molecule has 1 heterocycles. The van der Waals surface area contributed by atoms with E-state index in [1.54, 1.807) is 0 Å². The Balaban J connectivity index is 0.00000220. The molecule has 2 aromatic rings. The summed E-state index contributed by atoms with van der Waals surface area (Å²) in [7, 11) is 0. The Hall–Kier alpha value is -1.78. The molecule has 0 aliphatic carbocycles. The molecular weight excluding hydrogens is 286 g/mol. The van der Waals surface area contributed by atoms with Gasteiger partial charge in [-0.2, -0.15) is 0 Å². The number of aromatic amines is 1. The fourth-order valence-corrected chi connectivity index (χ4v) is 2.08. The summed E-state index contributed by atoms with van der Waals surface area (Å²) in [4.78, 5) is 15.2. The number of hydrogen-bond donors (Lipinski definition) is 3. The van der Waals surface area contributed by atoms with Crippen molar-refractivity contribution in [3.05, 3.63) is 48.2 Å². The fraction of sp³-hybridized carbons (Fsp3) is 0.312. The number of hydrogen-bond acceptors (Lipinski definition) is 2. The van der Waals surface area contributed by atoms with Crippen LogP contribution >= 0.6 is 12.4 Å². The lowest BCUT2D eigenvalue weighted by atomic mass is 10.2. The number of amides is 1. The first-order valence-corrected chi connectivity index (χ1v) is 6.96. The number of H-pyrrole nitrogens is 1. The van der Waals surface area contributed by atoms with Crippen molar-refractivity contribution in [1.82, 2.24) is 15.6 Å². The third-order valence-corrected chi connectivity index (χ3v) is 3.14. The highest BCUT2D eigenvalue weighted by atomic mass is 35.5. The van der Waals surface area contributed by atoms with Gasteiger partial charge in [-0.05, 0) is 31.2 Å². The van der Waals surface area contributed by atoms with E-state index >= 15 is 0 Å².